The number of aliphatic hydroxyl groups is 1. The van der Waals surface area contributed by atoms with Gasteiger partial charge in [0.15, 0.2) is 5.88 Å². The maximum atomic E-state index is 7.77. The van der Waals surface area contributed by atoms with Gasteiger partial charge in [0.25, 0.3) is 0 Å². The SMILES string of the molecule is OCC[ClH+]. The maximum Gasteiger partial charge on any atom is 0.192 e. The summed E-state index contributed by atoms with van der Waals surface area (Å²) >= 11 is 4.30. The first-order valence-corrected chi connectivity index (χ1v) is 1.68. The minimum Gasteiger partial charge on any atom is -0.391 e. The topological polar surface area (TPSA) is 20.2 Å². The van der Waals surface area contributed by atoms with Crippen molar-refractivity contribution in [3.63, 3.8) is 0 Å². The maximum absolute atomic E-state index is 7.77. The predicted octanol–water partition coefficient (Wildman–Crippen LogP) is -0.740. The number of hydrogen-bond donors (Lipinski definition) is 1. The van der Waals surface area contributed by atoms with Gasteiger partial charge >= 0.3 is 0 Å². The number of alkyl halides is 1. The largest absolute Gasteiger partial charge is 0.391 e. The fraction of sp³-hybridized carbons (Fsp3) is 1.00. The van der Waals surface area contributed by atoms with Crippen molar-refractivity contribution in [2.45, 2.75) is 0 Å². The van der Waals surface area contributed by atoms with E-state index in [1.807, 2.05) is 0 Å². The highest BCUT2D eigenvalue weighted by Crippen LogP contribution is 1.44. The van der Waals surface area contributed by atoms with Crippen LogP contribution in [0.2, 0.25) is 0 Å². The quantitative estimate of drug-likeness (QED) is 0.412. The van der Waals surface area contributed by atoms with Crippen LogP contribution in [0.5, 0.6) is 0 Å². The van der Waals surface area contributed by atoms with Crippen molar-refractivity contribution in [2.24, 2.45) is 0 Å². The minimum atomic E-state index is 0.134. The molecule has 0 bridgehead atoms. The summed E-state index contributed by atoms with van der Waals surface area (Å²) in [6.45, 7) is 0.134. The van der Waals surface area contributed by atoms with Gasteiger partial charge in [0.1, 0.15) is 11.6 Å². The Morgan fingerprint density at radius 1 is 1.75 bits per heavy atom. The first-order valence-electron chi connectivity index (χ1n) is 1.10. The number of aliphatic hydroxyl groups excluding tert-OH is 1. The van der Waals surface area contributed by atoms with Crippen LogP contribution in [0.25, 0.3) is 0 Å². The third kappa shape index (κ3) is 2.25. The van der Waals surface area contributed by atoms with Gasteiger partial charge in [-0.15, -0.1) is 0 Å². The smallest absolute Gasteiger partial charge is 0.192 e. The second-order valence-corrected chi connectivity index (χ2v) is 0.836. The Bertz CT molecular complexity index is 8.00. The molecule has 1 nitrogen and oxygen atoms in total. The van der Waals surface area contributed by atoms with E-state index < -0.39 is 0 Å². The first-order chi connectivity index (χ1) is 1.91. The molecular formula is C2H6ClO+. The lowest BCUT2D eigenvalue weighted by atomic mass is 10.9. The van der Waals surface area contributed by atoms with Gasteiger partial charge < -0.3 is 5.11 Å². The Morgan fingerprint density at radius 2 is 2.00 bits per heavy atom. The van der Waals surface area contributed by atoms with Crippen molar-refractivity contribution in [3.05, 3.63) is 0 Å². The third-order valence-corrected chi connectivity index (χ3v) is 0.274. The second kappa shape index (κ2) is 3.25. The molecule has 0 aliphatic rings. The van der Waals surface area contributed by atoms with Crippen LogP contribution >= 0.6 is 0 Å². The van der Waals surface area contributed by atoms with Gasteiger partial charge in [0.2, 0.25) is 0 Å². The Labute approximate surface area is 30.2 Å². The van der Waals surface area contributed by atoms with E-state index in [2.05, 4.69) is 11.6 Å². The van der Waals surface area contributed by atoms with Gasteiger partial charge in [-0.2, -0.15) is 0 Å². The molecule has 0 fully saturated rings. The highest BCUT2D eigenvalue weighted by Gasteiger charge is 1.71. The third-order valence-electron chi connectivity index (χ3n) is 0.0913. The fourth-order valence-electron chi connectivity index (χ4n) is 0. The monoisotopic (exact) mass is 81.0 g/mol. The molecule has 0 aromatic rings. The summed E-state index contributed by atoms with van der Waals surface area (Å²) in [4.78, 5) is 0. The van der Waals surface area contributed by atoms with Crippen LogP contribution in [0.1, 0.15) is 0 Å². The molecule has 2 heteroatoms. The molecular weight excluding hydrogens is 75.5 g/mol. The Kier molecular flexibility index (Phi) is 3.45. The molecule has 0 saturated heterocycles. The van der Waals surface area contributed by atoms with Crippen molar-refractivity contribution in [2.75, 3.05) is 12.5 Å². The van der Waals surface area contributed by atoms with Crippen molar-refractivity contribution in [1.82, 2.24) is 0 Å². The zero-order chi connectivity index (χ0) is 3.41. The lowest BCUT2D eigenvalue weighted by Gasteiger charge is -1.58. The van der Waals surface area contributed by atoms with Crippen LogP contribution < -0.4 is 0 Å². The van der Waals surface area contributed by atoms with Gasteiger partial charge in [-0.3, -0.25) is 0 Å². The van der Waals surface area contributed by atoms with E-state index in [1.165, 1.54) is 0 Å². The van der Waals surface area contributed by atoms with Crippen LogP contribution in [-0.4, -0.2) is 17.6 Å². The Balaban J connectivity index is 1.97. The number of halogens is 1. The predicted molar refractivity (Wildman–Crippen MR) is 13.3 cm³/mol. The highest BCUT2D eigenvalue weighted by molar-refractivity contribution is 4.03. The Morgan fingerprint density at radius 3 is 2.00 bits per heavy atom. The second-order valence-electron chi connectivity index (χ2n) is 0.428. The normalized spacial score (nSPS) is 7.50. The van der Waals surface area contributed by atoms with Crippen molar-refractivity contribution in [3.8, 4) is 0 Å². The van der Waals surface area contributed by atoms with E-state index in [-0.39, 0.29) is 6.61 Å². The molecule has 0 aromatic carbocycles. The summed E-state index contributed by atoms with van der Waals surface area (Å²) in [5.74, 6) is 0.458. The summed E-state index contributed by atoms with van der Waals surface area (Å²) in [5, 5.41) is 7.77. The molecule has 0 atom stereocenters. The molecule has 0 heterocycles. The lowest BCUT2D eigenvalue weighted by molar-refractivity contribution is -0.372. The van der Waals surface area contributed by atoms with E-state index in [9.17, 15) is 0 Å². The molecule has 0 spiro atoms. The van der Waals surface area contributed by atoms with E-state index in [4.69, 9.17) is 5.11 Å². The molecule has 0 unspecified atom stereocenters. The lowest BCUT2D eigenvalue weighted by Crippen LogP contribution is -1.81. The molecule has 0 saturated carbocycles. The zero-order valence-corrected chi connectivity index (χ0v) is 3.09. The van der Waals surface area contributed by atoms with Gasteiger partial charge in [0, 0.05) is 0 Å². The van der Waals surface area contributed by atoms with Crippen LogP contribution in [0.15, 0.2) is 0 Å². The number of rotatable bonds is 1. The van der Waals surface area contributed by atoms with Crippen molar-refractivity contribution < 1.29 is 16.7 Å². The molecule has 0 aliphatic heterocycles. The number of hydrogen-bond acceptors (Lipinski definition) is 1. The average molecular weight is 81.5 g/mol. The van der Waals surface area contributed by atoms with Crippen LogP contribution in [0, 0.1) is 11.6 Å². The standard InChI is InChI=1S/C2H6ClO/c3-1-2-4/h3-4H,1-2H2/q+1. The molecule has 0 amide bonds. The molecule has 26 valence electrons. The van der Waals surface area contributed by atoms with E-state index >= 15 is 0 Å². The van der Waals surface area contributed by atoms with Crippen LogP contribution in [0.3, 0.4) is 0 Å². The van der Waals surface area contributed by atoms with Gasteiger partial charge in [-0.25, -0.2) is 0 Å². The van der Waals surface area contributed by atoms with Gasteiger partial charge in [-0.05, 0) is 0 Å². The fourth-order valence-corrected chi connectivity index (χ4v) is 0. The average Bonchev–Trinajstić information content (AvgIpc) is 1.37. The van der Waals surface area contributed by atoms with Gasteiger partial charge in [0.05, 0.1) is 6.61 Å². The van der Waals surface area contributed by atoms with E-state index in [0.717, 1.165) is 0 Å². The van der Waals surface area contributed by atoms with Crippen LogP contribution in [0.4, 0.5) is 0 Å². The molecule has 1 N–H and O–H groups in total. The van der Waals surface area contributed by atoms with Crippen LogP contribution in [-0.2, 0) is 0 Å². The van der Waals surface area contributed by atoms with E-state index in [0.29, 0.717) is 5.88 Å². The zero-order valence-electron chi connectivity index (χ0n) is 2.27. The first kappa shape index (κ1) is 4.25. The summed E-state index contributed by atoms with van der Waals surface area (Å²) in [5.41, 5.74) is 0. The van der Waals surface area contributed by atoms with Gasteiger partial charge in [-0.1, -0.05) is 0 Å². The van der Waals surface area contributed by atoms with E-state index in [1.54, 1.807) is 0 Å². The van der Waals surface area contributed by atoms with Crippen molar-refractivity contribution >= 4 is 0 Å². The molecule has 4 heavy (non-hydrogen) atoms. The Hall–Kier alpha value is 0.250. The minimum absolute atomic E-state index is 0.134. The molecule has 0 aromatic heterocycles. The molecule has 0 radical (unpaired) electrons. The molecule has 0 aliphatic carbocycles. The van der Waals surface area contributed by atoms with Crippen molar-refractivity contribution in [1.29, 1.82) is 0 Å². The molecule has 0 rings (SSSR count). The highest BCUT2D eigenvalue weighted by atomic mass is 35.5. The summed E-state index contributed by atoms with van der Waals surface area (Å²) in [6, 6.07) is 0. The summed E-state index contributed by atoms with van der Waals surface area (Å²) in [6.07, 6.45) is 0. The summed E-state index contributed by atoms with van der Waals surface area (Å²) in [7, 11) is 0. The summed E-state index contributed by atoms with van der Waals surface area (Å²) < 4.78 is 0.